The highest BCUT2D eigenvalue weighted by Crippen LogP contribution is 2.15. The van der Waals surface area contributed by atoms with Gasteiger partial charge in [-0.15, -0.1) is 0 Å². The molecule has 0 fully saturated rings. The van der Waals surface area contributed by atoms with Crippen molar-refractivity contribution >= 4 is 39.2 Å². The number of rotatable bonds is 1. The number of hydrogen-bond donors (Lipinski definition) is 2. The Balaban J connectivity index is 2.80. The summed E-state index contributed by atoms with van der Waals surface area (Å²) in [6.07, 6.45) is 0. The summed E-state index contributed by atoms with van der Waals surface area (Å²) in [5, 5.41) is 5.52. The number of benzene rings is 1. The van der Waals surface area contributed by atoms with Crippen molar-refractivity contribution in [3.05, 3.63) is 34.3 Å². The summed E-state index contributed by atoms with van der Waals surface area (Å²) in [6, 6.07) is 7.16. The maximum atomic E-state index is 11.6. The summed E-state index contributed by atoms with van der Waals surface area (Å²) in [5.41, 5.74) is 0.560. The maximum absolute atomic E-state index is 11.6. The van der Waals surface area contributed by atoms with Crippen LogP contribution in [0.4, 0.5) is 0 Å². The Kier molecular flexibility index (Phi) is 4.03. The van der Waals surface area contributed by atoms with Crippen LogP contribution in [0.15, 0.2) is 28.7 Å². The second-order valence-corrected chi connectivity index (χ2v) is 3.78. The Hall–Kier alpha value is -0.940. The number of amides is 1. The van der Waals surface area contributed by atoms with Crippen LogP contribution in [-0.4, -0.2) is 18.1 Å². The van der Waals surface area contributed by atoms with Gasteiger partial charge in [-0.05, 0) is 40.3 Å². The van der Waals surface area contributed by atoms with Gasteiger partial charge in [0.25, 0.3) is 5.91 Å². The molecule has 0 heterocycles. The van der Waals surface area contributed by atoms with E-state index in [1.165, 1.54) is 0 Å². The van der Waals surface area contributed by atoms with Gasteiger partial charge >= 0.3 is 0 Å². The fraction of sp³-hybridized carbons (Fsp3) is 0.111. The Morgan fingerprint density at radius 3 is 2.64 bits per heavy atom. The van der Waals surface area contributed by atoms with Crippen molar-refractivity contribution in [3.63, 3.8) is 0 Å². The van der Waals surface area contributed by atoms with Gasteiger partial charge in [0, 0.05) is 11.5 Å². The number of carbonyl (C=O) groups is 1. The number of nitrogens with one attached hydrogen (secondary N) is 2. The van der Waals surface area contributed by atoms with Crippen molar-refractivity contribution in [2.75, 3.05) is 7.05 Å². The molecule has 1 aromatic rings. The second kappa shape index (κ2) is 5.07. The summed E-state index contributed by atoms with van der Waals surface area (Å²) in [5.74, 6) is -0.225. The number of halogens is 1. The molecule has 0 atom stereocenters. The van der Waals surface area contributed by atoms with Gasteiger partial charge in [-0.1, -0.05) is 12.1 Å². The SMILES string of the molecule is CNC(=S)NC(=O)c1ccccc1Br. The van der Waals surface area contributed by atoms with Crippen LogP contribution >= 0.6 is 28.1 Å². The van der Waals surface area contributed by atoms with E-state index in [2.05, 4.69) is 26.6 Å². The third-order valence-electron chi connectivity index (χ3n) is 1.57. The van der Waals surface area contributed by atoms with Crippen molar-refractivity contribution in [3.8, 4) is 0 Å². The molecule has 1 rings (SSSR count). The minimum absolute atomic E-state index is 0.225. The Morgan fingerprint density at radius 2 is 2.07 bits per heavy atom. The van der Waals surface area contributed by atoms with E-state index in [0.29, 0.717) is 10.7 Å². The van der Waals surface area contributed by atoms with Crippen molar-refractivity contribution < 1.29 is 4.79 Å². The van der Waals surface area contributed by atoms with E-state index in [0.717, 1.165) is 4.47 Å². The largest absolute Gasteiger partial charge is 0.365 e. The molecule has 0 bridgehead atoms. The molecule has 5 heteroatoms. The van der Waals surface area contributed by atoms with Gasteiger partial charge < -0.3 is 5.32 Å². The van der Waals surface area contributed by atoms with Crippen LogP contribution in [0.2, 0.25) is 0 Å². The van der Waals surface area contributed by atoms with Crippen LogP contribution in [-0.2, 0) is 0 Å². The molecule has 2 N–H and O–H groups in total. The van der Waals surface area contributed by atoms with Gasteiger partial charge in [-0.3, -0.25) is 10.1 Å². The third kappa shape index (κ3) is 2.78. The topological polar surface area (TPSA) is 41.1 Å². The lowest BCUT2D eigenvalue weighted by molar-refractivity contribution is 0.0976. The van der Waals surface area contributed by atoms with Crippen LogP contribution in [0.3, 0.4) is 0 Å². The highest BCUT2D eigenvalue weighted by Gasteiger charge is 2.09. The Labute approximate surface area is 96.0 Å². The average molecular weight is 273 g/mol. The van der Waals surface area contributed by atoms with Crippen LogP contribution in [0.5, 0.6) is 0 Å². The van der Waals surface area contributed by atoms with E-state index >= 15 is 0 Å². The molecule has 74 valence electrons. The maximum Gasteiger partial charge on any atom is 0.258 e. The fourth-order valence-corrected chi connectivity index (χ4v) is 1.44. The lowest BCUT2D eigenvalue weighted by Crippen LogP contribution is -2.37. The minimum Gasteiger partial charge on any atom is -0.365 e. The van der Waals surface area contributed by atoms with E-state index in [-0.39, 0.29) is 5.91 Å². The van der Waals surface area contributed by atoms with Gasteiger partial charge in [0.05, 0.1) is 5.56 Å². The normalized spacial score (nSPS) is 9.29. The molecule has 14 heavy (non-hydrogen) atoms. The summed E-state index contributed by atoms with van der Waals surface area (Å²) in [4.78, 5) is 11.6. The van der Waals surface area contributed by atoms with Crippen LogP contribution in [0.1, 0.15) is 10.4 Å². The highest BCUT2D eigenvalue weighted by molar-refractivity contribution is 9.10. The van der Waals surface area contributed by atoms with Crippen molar-refractivity contribution in [1.29, 1.82) is 0 Å². The predicted molar refractivity (Wildman–Crippen MR) is 63.3 cm³/mol. The first-order chi connectivity index (χ1) is 6.65. The molecule has 0 radical (unpaired) electrons. The van der Waals surface area contributed by atoms with Gasteiger partial charge in [-0.2, -0.15) is 0 Å². The molecular formula is C9H9BrN2OS. The van der Waals surface area contributed by atoms with E-state index in [9.17, 15) is 4.79 Å². The smallest absolute Gasteiger partial charge is 0.258 e. The number of carbonyl (C=O) groups excluding carboxylic acids is 1. The van der Waals surface area contributed by atoms with Gasteiger partial charge in [0.1, 0.15) is 0 Å². The van der Waals surface area contributed by atoms with Crippen molar-refractivity contribution in [2.24, 2.45) is 0 Å². The van der Waals surface area contributed by atoms with Crippen LogP contribution in [0.25, 0.3) is 0 Å². The lowest BCUT2D eigenvalue weighted by Gasteiger charge is -2.06. The first-order valence-corrected chi connectivity index (χ1v) is 5.13. The molecule has 1 amide bonds. The fourth-order valence-electron chi connectivity index (χ4n) is 0.878. The van der Waals surface area contributed by atoms with Crippen LogP contribution in [0, 0.1) is 0 Å². The molecule has 0 aliphatic heterocycles. The summed E-state index contributed by atoms with van der Waals surface area (Å²) in [6.45, 7) is 0. The zero-order valence-electron chi connectivity index (χ0n) is 7.50. The number of thiocarbonyl (C=S) groups is 1. The van der Waals surface area contributed by atoms with E-state index in [1.54, 1.807) is 25.2 Å². The highest BCUT2D eigenvalue weighted by atomic mass is 79.9. The minimum atomic E-state index is -0.225. The summed E-state index contributed by atoms with van der Waals surface area (Å²) < 4.78 is 0.747. The second-order valence-electron chi connectivity index (χ2n) is 2.51. The molecule has 0 saturated heterocycles. The molecule has 0 saturated carbocycles. The first-order valence-electron chi connectivity index (χ1n) is 3.92. The monoisotopic (exact) mass is 272 g/mol. The summed E-state index contributed by atoms with van der Waals surface area (Å²) in [7, 11) is 1.66. The van der Waals surface area contributed by atoms with Crippen molar-refractivity contribution in [1.82, 2.24) is 10.6 Å². The number of hydrogen-bond acceptors (Lipinski definition) is 2. The van der Waals surface area contributed by atoms with Crippen LogP contribution < -0.4 is 10.6 Å². The molecule has 3 nitrogen and oxygen atoms in total. The average Bonchev–Trinajstić information content (AvgIpc) is 2.18. The van der Waals surface area contributed by atoms with E-state index in [1.807, 2.05) is 6.07 Å². The van der Waals surface area contributed by atoms with Gasteiger partial charge in [0.15, 0.2) is 5.11 Å². The zero-order chi connectivity index (χ0) is 10.6. The first kappa shape index (κ1) is 11.1. The quantitative estimate of drug-likeness (QED) is 0.765. The van der Waals surface area contributed by atoms with Gasteiger partial charge in [-0.25, -0.2) is 0 Å². The molecular weight excluding hydrogens is 264 g/mol. The standard InChI is InChI=1S/C9H9BrN2OS/c1-11-9(14)12-8(13)6-4-2-3-5-7(6)10/h2-5H,1H3,(H2,11,12,13,14). The Morgan fingerprint density at radius 1 is 1.43 bits per heavy atom. The molecule has 1 aromatic carbocycles. The third-order valence-corrected chi connectivity index (χ3v) is 2.57. The van der Waals surface area contributed by atoms with E-state index in [4.69, 9.17) is 12.2 Å². The summed E-state index contributed by atoms with van der Waals surface area (Å²) >= 11 is 8.10. The van der Waals surface area contributed by atoms with Gasteiger partial charge in [0.2, 0.25) is 0 Å². The lowest BCUT2D eigenvalue weighted by atomic mass is 10.2. The van der Waals surface area contributed by atoms with E-state index < -0.39 is 0 Å². The molecule has 0 aromatic heterocycles. The molecule has 0 spiro atoms. The zero-order valence-corrected chi connectivity index (χ0v) is 9.91. The predicted octanol–water partition coefficient (Wildman–Crippen LogP) is 1.68. The molecule has 0 unspecified atom stereocenters. The van der Waals surface area contributed by atoms with Crippen molar-refractivity contribution in [2.45, 2.75) is 0 Å². The molecule has 0 aliphatic carbocycles. The molecule has 0 aliphatic rings. The Bertz CT molecular complexity index is 368.